The summed E-state index contributed by atoms with van der Waals surface area (Å²) in [5, 5.41) is 10.6. The standard InChI is InChI=1S/C15H21NO2S/c1-15(2)6-3-7-16(11-15)9-13-8-12(10-19-13)4-5-14(17)18/h4-5,8,10H,3,6-7,9,11H2,1-2H3,(H,17,18). The number of hydrogen-bond acceptors (Lipinski definition) is 3. The minimum absolute atomic E-state index is 0.418. The lowest BCUT2D eigenvalue weighted by Gasteiger charge is -2.37. The molecule has 0 radical (unpaired) electrons. The molecule has 0 saturated carbocycles. The van der Waals surface area contributed by atoms with Crippen molar-refractivity contribution in [1.82, 2.24) is 4.90 Å². The fourth-order valence-electron chi connectivity index (χ4n) is 2.64. The van der Waals surface area contributed by atoms with Gasteiger partial charge in [0.1, 0.15) is 0 Å². The molecule has 2 rings (SSSR count). The van der Waals surface area contributed by atoms with Gasteiger partial charge in [-0.2, -0.15) is 0 Å². The lowest BCUT2D eigenvalue weighted by Crippen LogP contribution is -2.39. The quantitative estimate of drug-likeness (QED) is 0.858. The molecule has 104 valence electrons. The van der Waals surface area contributed by atoms with Crippen molar-refractivity contribution in [2.45, 2.75) is 33.2 Å². The molecule has 1 aliphatic rings. The fraction of sp³-hybridized carbons (Fsp3) is 0.533. The Morgan fingerprint density at radius 2 is 2.37 bits per heavy atom. The summed E-state index contributed by atoms with van der Waals surface area (Å²) < 4.78 is 0. The summed E-state index contributed by atoms with van der Waals surface area (Å²) in [5.74, 6) is -0.898. The molecular formula is C15H21NO2S. The maximum atomic E-state index is 10.5. The molecule has 0 unspecified atom stereocenters. The van der Waals surface area contributed by atoms with Crippen molar-refractivity contribution in [3.05, 3.63) is 28.0 Å². The molecule has 1 aromatic heterocycles. The summed E-state index contributed by atoms with van der Waals surface area (Å²) in [6.45, 7) is 7.95. The van der Waals surface area contributed by atoms with E-state index >= 15 is 0 Å². The highest BCUT2D eigenvalue weighted by atomic mass is 32.1. The van der Waals surface area contributed by atoms with E-state index in [-0.39, 0.29) is 0 Å². The molecule has 1 saturated heterocycles. The molecule has 0 atom stereocenters. The van der Waals surface area contributed by atoms with Gasteiger partial charge in [-0.1, -0.05) is 13.8 Å². The number of nitrogens with zero attached hydrogens (tertiary/aromatic N) is 1. The van der Waals surface area contributed by atoms with Gasteiger partial charge in [-0.05, 0) is 47.9 Å². The van der Waals surface area contributed by atoms with Crippen LogP contribution in [0.1, 0.15) is 37.1 Å². The van der Waals surface area contributed by atoms with E-state index in [1.54, 1.807) is 17.4 Å². The van der Waals surface area contributed by atoms with Crippen LogP contribution in [0, 0.1) is 5.41 Å². The summed E-state index contributed by atoms with van der Waals surface area (Å²) >= 11 is 1.71. The molecule has 0 bridgehead atoms. The molecule has 4 heteroatoms. The maximum absolute atomic E-state index is 10.5. The Morgan fingerprint density at radius 3 is 3.05 bits per heavy atom. The number of carbonyl (C=O) groups is 1. The number of carboxylic acids is 1. The van der Waals surface area contributed by atoms with E-state index in [0.717, 1.165) is 18.7 Å². The third-order valence-corrected chi connectivity index (χ3v) is 4.39. The monoisotopic (exact) mass is 279 g/mol. The van der Waals surface area contributed by atoms with Crippen LogP contribution in [-0.2, 0) is 11.3 Å². The van der Waals surface area contributed by atoms with Crippen LogP contribution in [0.2, 0.25) is 0 Å². The maximum Gasteiger partial charge on any atom is 0.328 e. The van der Waals surface area contributed by atoms with E-state index in [1.165, 1.54) is 30.3 Å². The normalized spacial score (nSPS) is 19.9. The zero-order valence-electron chi connectivity index (χ0n) is 11.6. The largest absolute Gasteiger partial charge is 0.478 e. The van der Waals surface area contributed by atoms with E-state index in [2.05, 4.69) is 24.8 Å². The number of thiophene rings is 1. The summed E-state index contributed by atoms with van der Waals surface area (Å²) in [7, 11) is 0. The molecule has 0 aliphatic carbocycles. The Balaban J connectivity index is 1.94. The second kappa shape index (κ2) is 5.88. The van der Waals surface area contributed by atoms with Crippen LogP contribution in [0.3, 0.4) is 0 Å². The molecule has 1 fully saturated rings. The van der Waals surface area contributed by atoms with Crippen LogP contribution in [0.5, 0.6) is 0 Å². The minimum Gasteiger partial charge on any atom is -0.478 e. The molecule has 3 nitrogen and oxygen atoms in total. The first-order chi connectivity index (χ1) is 8.94. The summed E-state index contributed by atoms with van der Waals surface area (Å²) in [4.78, 5) is 14.3. The number of piperidine rings is 1. The number of likely N-dealkylation sites (tertiary alicyclic amines) is 1. The number of hydrogen-bond donors (Lipinski definition) is 1. The molecular weight excluding hydrogens is 258 g/mol. The molecule has 1 N–H and O–H groups in total. The van der Waals surface area contributed by atoms with E-state index in [1.807, 2.05) is 5.38 Å². The molecule has 0 amide bonds. The van der Waals surface area contributed by atoms with Crippen molar-refractivity contribution in [1.29, 1.82) is 0 Å². The predicted molar refractivity (Wildman–Crippen MR) is 79.3 cm³/mol. The smallest absolute Gasteiger partial charge is 0.328 e. The Kier molecular flexibility index (Phi) is 4.42. The topological polar surface area (TPSA) is 40.5 Å². The highest BCUT2D eigenvalue weighted by Gasteiger charge is 2.26. The minimum atomic E-state index is -0.898. The lowest BCUT2D eigenvalue weighted by molar-refractivity contribution is -0.131. The highest BCUT2D eigenvalue weighted by Crippen LogP contribution is 2.30. The Hall–Kier alpha value is -1.13. The van der Waals surface area contributed by atoms with Crippen LogP contribution < -0.4 is 0 Å². The zero-order chi connectivity index (χ0) is 13.9. The average Bonchev–Trinajstić information content (AvgIpc) is 2.73. The SMILES string of the molecule is CC1(C)CCCN(Cc2cc(C=CC(=O)O)cs2)C1. The van der Waals surface area contributed by atoms with Crippen molar-refractivity contribution in [3.8, 4) is 0 Å². The average molecular weight is 279 g/mol. The second-order valence-corrected chi connectivity index (χ2v) is 6.99. The Labute approximate surface area is 118 Å². The molecule has 1 aromatic rings. The molecule has 0 aromatic carbocycles. The van der Waals surface area contributed by atoms with Gasteiger partial charge in [0.05, 0.1) is 0 Å². The van der Waals surface area contributed by atoms with Crippen molar-refractivity contribution >= 4 is 23.4 Å². The third kappa shape index (κ3) is 4.48. The number of carboxylic acid groups (broad SMARTS) is 1. The number of aliphatic carboxylic acids is 1. The predicted octanol–water partition coefficient (Wildman–Crippen LogP) is 3.47. The first kappa shape index (κ1) is 14.3. The van der Waals surface area contributed by atoms with Gasteiger partial charge >= 0.3 is 5.97 Å². The first-order valence-corrected chi connectivity index (χ1v) is 7.53. The summed E-state index contributed by atoms with van der Waals surface area (Å²) in [6.07, 6.45) is 5.42. The van der Waals surface area contributed by atoms with Crippen LogP contribution in [0.25, 0.3) is 6.08 Å². The molecule has 0 spiro atoms. The van der Waals surface area contributed by atoms with Crippen LogP contribution >= 0.6 is 11.3 Å². The summed E-state index contributed by atoms with van der Waals surface area (Å²) in [5.41, 5.74) is 1.40. The van der Waals surface area contributed by atoms with Gasteiger partial charge in [0.15, 0.2) is 0 Å². The highest BCUT2D eigenvalue weighted by molar-refractivity contribution is 7.10. The molecule has 2 heterocycles. The number of rotatable bonds is 4. The van der Waals surface area contributed by atoms with Crippen LogP contribution in [0.4, 0.5) is 0 Å². The van der Waals surface area contributed by atoms with Crippen molar-refractivity contribution < 1.29 is 9.90 Å². The van der Waals surface area contributed by atoms with Crippen molar-refractivity contribution in [2.75, 3.05) is 13.1 Å². The van der Waals surface area contributed by atoms with E-state index in [0.29, 0.717) is 5.41 Å². The van der Waals surface area contributed by atoms with E-state index in [4.69, 9.17) is 5.11 Å². The van der Waals surface area contributed by atoms with Gasteiger partial charge < -0.3 is 5.11 Å². The zero-order valence-corrected chi connectivity index (χ0v) is 12.4. The van der Waals surface area contributed by atoms with Gasteiger partial charge in [-0.15, -0.1) is 11.3 Å². The van der Waals surface area contributed by atoms with Crippen molar-refractivity contribution in [3.63, 3.8) is 0 Å². The van der Waals surface area contributed by atoms with Gasteiger partial charge in [0.25, 0.3) is 0 Å². The van der Waals surface area contributed by atoms with Crippen molar-refractivity contribution in [2.24, 2.45) is 5.41 Å². The fourth-order valence-corrected chi connectivity index (χ4v) is 3.53. The van der Waals surface area contributed by atoms with E-state index < -0.39 is 5.97 Å². The van der Waals surface area contributed by atoms with Gasteiger partial charge in [-0.3, -0.25) is 4.90 Å². The molecule has 19 heavy (non-hydrogen) atoms. The van der Waals surface area contributed by atoms with Gasteiger partial charge in [0.2, 0.25) is 0 Å². The first-order valence-electron chi connectivity index (χ1n) is 6.65. The van der Waals surface area contributed by atoms with Gasteiger partial charge in [0, 0.05) is 24.0 Å². The second-order valence-electron chi connectivity index (χ2n) is 6.00. The molecule has 1 aliphatic heterocycles. The van der Waals surface area contributed by atoms with Gasteiger partial charge in [-0.25, -0.2) is 4.79 Å². The Bertz CT molecular complexity index is 476. The van der Waals surface area contributed by atoms with Crippen LogP contribution in [0.15, 0.2) is 17.5 Å². The summed E-state index contributed by atoms with van der Waals surface area (Å²) in [6, 6.07) is 2.09. The Morgan fingerprint density at radius 1 is 1.58 bits per heavy atom. The van der Waals surface area contributed by atoms with E-state index in [9.17, 15) is 4.79 Å². The third-order valence-electron chi connectivity index (χ3n) is 3.45. The van der Waals surface area contributed by atoms with Crippen LogP contribution in [-0.4, -0.2) is 29.1 Å². The lowest BCUT2D eigenvalue weighted by atomic mass is 9.84.